The second kappa shape index (κ2) is 5.02. The summed E-state index contributed by atoms with van der Waals surface area (Å²) in [5.41, 5.74) is 5.69. The molecule has 1 N–H and O–H groups in total. The lowest BCUT2D eigenvalue weighted by Crippen LogP contribution is -2.24. The zero-order valence-corrected chi connectivity index (χ0v) is 12.9. The Morgan fingerprint density at radius 1 is 1.27 bits per heavy atom. The van der Waals surface area contributed by atoms with Crippen LogP contribution in [0.4, 0.5) is 11.5 Å². The van der Waals surface area contributed by atoms with E-state index in [1.165, 1.54) is 17.7 Å². The maximum absolute atomic E-state index is 4.72. The number of hydrogen-bond acceptors (Lipinski definition) is 4. The van der Waals surface area contributed by atoms with E-state index in [0.717, 1.165) is 35.7 Å². The fourth-order valence-electron chi connectivity index (χ4n) is 3.16. The molecule has 1 aliphatic rings. The Hall–Kier alpha value is -2.56. The number of nitrogens with zero attached hydrogens (tertiary/aromatic N) is 4. The first kappa shape index (κ1) is 13.1. The van der Waals surface area contributed by atoms with E-state index in [2.05, 4.69) is 40.4 Å². The maximum atomic E-state index is 4.72. The number of aromatic nitrogens is 3. The van der Waals surface area contributed by atoms with Crippen LogP contribution in [-0.4, -0.2) is 35.0 Å². The Labute approximate surface area is 129 Å². The predicted molar refractivity (Wildman–Crippen MR) is 89.6 cm³/mol. The highest BCUT2D eigenvalue weighted by molar-refractivity contribution is 5.72. The van der Waals surface area contributed by atoms with Gasteiger partial charge < -0.3 is 14.6 Å². The van der Waals surface area contributed by atoms with Gasteiger partial charge in [-0.3, -0.25) is 0 Å². The maximum Gasteiger partial charge on any atom is 0.180 e. The van der Waals surface area contributed by atoms with Crippen LogP contribution in [0.1, 0.15) is 12.0 Å². The Kier molecular flexibility index (Phi) is 2.99. The molecule has 3 heterocycles. The molecule has 0 unspecified atom stereocenters. The van der Waals surface area contributed by atoms with Gasteiger partial charge in [-0.25, -0.2) is 9.97 Å². The van der Waals surface area contributed by atoms with Gasteiger partial charge in [0.2, 0.25) is 0 Å². The van der Waals surface area contributed by atoms with Gasteiger partial charge in [0.15, 0.2) is 11.5 Å². The van der Waals surface area contributed by atoms with E-state index < -0.39 is 0 Å². The predicted octanol–water partition coefficient (Wildman–Crippen LogP) is 2.82. The van der Waals surface area contributed by atoms with Gasteiger partial charge in [-0.1, -0.05) is 12.1 Å². The first-order chi connectivity index (χ1) is 10.8. The van der Waals surface area contributed by atoms with E-state index >= 15 is 0 Å². The van der Waals surface area contributed by atoms with Crippen molar-refractivity contribution in [1.29, 1.82) is 0 Å². The molecule has 0 radical (unpaired) electrons. The quantitative estimate of drug-likeness (QED) is 0.789. The van der Waals surface area contributed by atoms with Gasteiger partial charge in [0.1, 0.15) is 0 Å². The molecule has 1 aliphatic heterocycles. The van der Waals surface area contributed by atoms with Crippen molar-refractivity contribution in [1.82, 2.24) is 14.4 Å². The average molecular weight is 293 g/mol. The molecule has 22 heavy (non-hydrogen) atoms. The SMILES string of the molecule is CNc1nc(-c2ccc3c(c2)N(C)CCC3)cn2ccnc12. The summed E-state index contributed by atoms with van der Waals surface area (Å²) in [7, 11) is 4.04. The summed E-state index contributed by atoms with van der Waals surface area (Å²) in [4.78, 5) is 11.4. The lowest BCUT2D eigenvalue weighted by Gasteiger charge is -2.28. The van der Waals surface area contributed by atoms with Crippen LogP contribution in [0.15, 0.2) is 36.8 Å². The number of benzene rings is 1. The molecule has 5 heteroatoms. The summed E-state index contributed by atoms with van der Waals surface area (Å²) in [6, 6.07) is 6.65. The van der Waals surface area contributed by atoms with Crippen molar-refractivity contribution in [2.45, 2.75) is 12.8 Å². The molecule has 0 bridgehead atoms. The van der Waals surface area contributed by atoms with Crippen LogP contribution in [0.2, 0.25) is 0 Å². The molecule has 0 fully saturated rings. The molecule has 4 rings (SSSR count). The molecule has 0 amide bonds. The van der Waals surface area contributed by atoms with E-state index in [-0.39, 0.29) is 0 Å². The number of fused-ring (bicyclic) bond motifs is 2. The number of imidazole rings is 1. The van der Waals surface area contributed by atoms with Crippen LogP contribution in [0.3, 0.4) is 0 Å². The van der Waals surface area contributed by atoms with Crippen LogP contribution in [0.25, 0.3) is 16.9 Å². The number of hydrogen-bond donors (Lipinski definition) is 1. The highest BCUT2D eigenvalue weighted by Gasteiger charge is 2.15. The first-order valence-electron chi connectivity index (χ1n) is 7.62. The van der Waals surface area contributed by atoms with Crippen LogP contribution in [0, 0.1) is 0 Å². The van der Waals surface area contributed by atoms with E-state index in [0.29, 0.717) is 0 Å². The summed E-state index contributed by atoms with van der Waals surface area (Å²) in [6.07, 6.45) is 8.17. The van der Waals surface area contributed by atoms with Crippen molar-refractivity contribution < 1.29 is 0 Å². The Bertz CT molecular complexity index is 836. The summed E-state index contributed by atoms with van der Waals surface area (Å²) in [6.45, 7) is 1.12. The Morgan fingerprint density at radius 3 is 3.05 bits per heavy atom. The number of anilines is 2. The topological polar surface area (TPSA) is 45.5 Å². The zero-order chi connectivity index (χ0) is 15.1. The summed E-state index contributed by atoms with van der Waals surface area (Å²) >= 11 is 0. The van der Waals surface area contributed by atoms with Crippen molar-refractivity contribution in [2.75, 3.05) is 30.9 Å². The zero-order valence-electron chi connectivity index (χ0n) is 12.9. The second-order valence-electron chi connectivity index (χ2n) is 5.75. The molecular formula is C17H19N5. The molecule has 5 nitrogen and oxygen atoms in total. The van der Waals surface area contributed by atoms with Gasteiger partial charge in [0, 0.05) is 50.5 Å². The fourth-order valence-corrected chi connectivity index (χ4v) is 3.16. The third kappa shape index (κ3) is 2.01. The van der Waals surface area contributed by atoms with Crippen molar-refractivity contribution in [3.63, 3.8) is 0 Å². The highest BCUT2D eigenvalue weighted by atomic mass is 15.1. The monoisotopic (exact) mass is 293 g/mol. The second-order valence-corrected chi connectivity index (χ2v) is 5.75. The van der Waals surface area contributed by atoms with Crippen molar-refractivity contribution >= 4 is 17.2 Å². The lowest BCUT2D eigenvalue weighted by molar-refractivity contribution is 0.744. The van der Waals surface area contributed by atoms with Crippen molar-refractivity contribution in [3.8, 4) is 11.3 Å². The van der Waals surface area contributed by atoms with Gasteiger partial charge in [0.05, 0.1) is 5.69 Å². The highest BCUT2D eigenvalue weighted by Crippen LogP contribution is 2.31. The van der Waals surface area contributed by atoms with Crippen LogP contribution in [0.5, 0.6) is 0 Å². The molecule has 0 atom stereocenters. The van der Waals surface area contributed by atoms with E-state index in [1.54, 1.807) is 6.20 Å². The third-order valence-corrected chi connectivity index (χ3v) is 4.34. The first-order valence-corrected chi connectivity index (χ1v) is 7.62. The molecular weight excluding hydrogens is 274 g/mol. The van der Waals surface area contributed by atoms with Crippen LogP contribution >= 0.6 is 0 Å². The lowest BCUT2D eigenvalue weighted by atomic mass is 9.99. The number of aryl methyl sites for hydroxylation is 1. The van der Waals surface area contributed by atoms with Crippen molar-refractivity contribution in [2.24, 2.45) is 0 Å². The van der Waals surface area contributed by atoms with Gasteiger partial charge >= 0.3 is 0 Å². The van der Waals surface area contributed by atoms with E-state index in [4.69, 9.17) is 4.98 Å². The standard InChI is InChI=1S/C17H19N5/c1-18-16-17-19-7-9-22(17)11-14(20-16)13-6-5-12-4-3-8-21(2)15(12)10-13/h5-7,9-11H,3-4,8H2,1-2H3,(H,18,20). The minimum atomic E-state index is 0.800. The van der Waals surface area contributed by atoms with E-state index in [9.17, 15) is 0 Å². The number of nitrogens with one attached hydrogen (secondary N) is 1. The molecule has 0 spiro atoms. The minimum absolute atomic E-state index is 0.800. The minimum Gasteiger partial charge on any atom is -0.374 e. The summed E-state index contributed by atoms with van der Waals surface area (Å²) < 4.78 is 2.01. The van der Waals surface area contributed by atoms with Gasteiger partial charge in [-0.05, 0) is 24.5 Å². The average Bonchev–Trinajstić information content (AvgIpc) is 3.02. The Balaban J connectivity index is 1.86. The Morgan fingerprint density at radius 2 is 2.18 bits per heavy atom. The molecule has 112 valence electrons. The molecule has 0 aliphatic carbocycles. The molecule has 0 saturated heterocycles. The van der Waals surface area contributed by atoms with Crippen LogP contribution < -0.4 is 10.2 Å². The van der Waals surface area contributed by atoms with E-state index in [1.807, 2.05) is 23.8 Å². The van der Waals surface area contributed by atoms with Crippen LogP contribution in [-0.2, 0) is 6.42 Å². The normalized spacial score (nSPS) is 14.2. The molecule has 2 aromatic heterocycles. The summed E-state index contributed by atoms with van der Waals surface area (Å²) in [5.74, 6) is 0.800. The summed E-state index contributed by atoms with van der Waals surface area (Å²) in [5, 5.41) is 3.13. The van der Waals surface area contributed by atoms with Gasteiger partial charge in [-0.2, -0.15) is 0 Å². The largest absolute Gasteiger partial charge is 0.374 e. The van der Waals surface area contributed by atoms with Crippen molar-refractivity contribution in [3.05, 3.63) is 42.4 Å². The third-order valence-electron chi connectivity index (χ3n) is 4.34. The number of rotatable bonds is 2. The molecule has 1 aromatic carbocycles. The molecule has 3 aromatic rings. The fraction of sp³-hybridized carbons (Fsp3) is 0.294. The van der Waals surface area contributed by atoms with Gasteiger partial charge in [0.25, 0.3) is 0 Å². The van der Waals surface area contributed by atoms with Gasteiger partial charge in [-0.15, -0.1) is 0 Å². The smallest absolute Gasteiger partial charge is 0.180 e. The molecule has 0 saturated carbocycles.